The fraction of sp³-hybridized carbons (Fsp3) is 0.429. The Kier molecular flexibility index (Phi) is 3.66. The average molecular weight is 289 g/mol. The van der Waals surface area contributed by atoms with Gasteiger partial charge in [0.2, 0.25) is 5.95 Å². The van der Waals surface area contributed by atoms with Crippen LogP contribution in [-0.4, -0.2) is 45.0 Å². The molecule has 0 aliphatic carbocycles. The summed E-state index contributed by atoms with van der Waals surface area (Å²) in [5.41, 5.74) is 6.38. The molecule has 0 amide bonds. The number of aromatic hydroxyl groups is 2. The number of nitrogens with two attached hydrogens (primary N) is 1. The maximum atomic E-state index is 9.54. The van der Waals surface area contributed by atoms with E-state index in [4.69, 9.17) is 5.73 Å². The number of hydrogen-bond donors (Lipinski definition) is 4. The molecule has 5 N–H and O–H groups in total. The SMILES string of the molecule is NCC1CCN(c2n[nH]c(-c3ccc(O)c(O)c3)n2)CC1. The predicted octanol–water partition coefficient (Wildman–Crippen LogP) is 1.06. The number of H-pyrrole nitrogens is 1. The predicted molar refractivity (Wildman–Crippen MR) is 79.1 cm³/mol. The van der Waals surface area contributed by atoms with Crippen molar-refractivity contribution in [3.63, 3.8) is 0 Å². The van der Waals surface area contributed by atoms with Gasteiger partial charge in [0.05, 0.1) is 0 Å². The normalized spacial score (nSPS) is 16.3. The number of rotatable bonds is 3. The second-order valence-electron chi connectivity index (χ2n) is 5.35. The molecule has 0 unspecified atom stereocenters. The number of aromatic nitrogens is 3. The van der Waals surface area contributed by atoms with Crippen LogP contribution in [0.4, 0.5) is 5.95 Å². The lowest BCUT2D eigenvalue weighted by Crippen LogP contribution is -2.36. The van der Waals surface area contributed by atoms with Crippen LogP contribution >= 0.6 is 0 Å². The molecule has 1 aromatic carbocycles. The zero-order valence-corrected chi connectivity index (χ0v) is 11.7. The minimum absolute atomic E-state index is 0.151. The summed E-state index contributed by atoms with van der Waals surface area (Å²) in [4.78, 5) is 6.59. The van der Waals surface area contributed by atoms with E-state index in [-0.39, 0.29) is 11.5 Å². The van der Waals surface area contributed by atoms with Crippen molar-refractivity contribution in [3.8, 4) is 22.9 Å². The molecule has 21 heavy (non-hydrogen) atoms. The number of phenolic OH excluding ortho intramolecular Hbond substituents is 2. The summed E-state index contributed by atoms with van der Waals surface area (Å²) >= 11 is 0. The summed E-state index contributed by atoms with van der Waals surface area (Å²) in [6.45, 7) is 2.54. The molecule has 0 bridgehead atoms. The molecule has 3 rings (SSSR count). The quantitative estimate of drug-likeness (QED) is 0.629. The van der Waals surface area contributed by atoms with Crippen LogP contribution in [0, 0.1) is 5.92 Å². The van der Waals surface area contributed by atoms with Gasteiger partial charge in [-0.05, 0) is 43.5 Å². The second kappa shape index (κ2) is 5.61. The van der Waals surface area contributed by atoms with Crippen LogP contribution in [0.25, 0.3) is 11.4 Å². The number of anilines is 1. The Morgan fingerprint density at radius 3 is 2.67 bits per heavy atom. The first-order valence-electron chi connectivity index (χ1n) is 7.07. The first-order valence-corrected chi connectivity index (χ1v) is 7.07. The van der Waals surface area contributed by atoms with E-state index in [2.05, 4.69) is 20.1 Å². The Morgan fingerprint density at radius 1 is 1.24 bits per heavy atom. The number of hydrogen-bond acceptors (Lipinski definition) is 6. The molecule has 112 valence electrons. The van der Waals surface area contributed by atoms with Crippen molar-refractivity contribution >= 4 is 5.95 Å². The fourth-order valence-corrected chi connectivity index (χ4v) is 2.56. The smallest absolute Gasteiger partial charge is 0.245 e. The van der Waals surface area contributed by atoms with Crippen molar-refractivity contribution in [3.05, 3.63) is 18.2 Å². The van der Waals surface area contributed by atoms with Gasteiger partial charge in [-0.25, -0.2) is 0 Å². The van der Waals surface area contributed by atoms with Crippen molar-refractivity contribution in [1.82, 2.24) is 15.2 Å². The van der Waals surface area contributed by atoms with Gasteiger partial charge >= 0.3 is 0 Å². The largest absolute Gasteiger partial charge is 0.504 e. The molecule has 7 heteroatoms. The monoisotopic (exact) mass is 289 g/mol. The van der Waals surface area contributed by atoms with Crippen molar-refractivity contribution < 1.29 is 10.2 Å². The highest BCUT2D eigenvalue weighted by atomic mass is 16.3. The Balaban J connectivity index is 1.76. The number of benzene rings is 1. The van der Waals surface area contributed by atoms with Crippen molar-refractivity contribution in [2.75, 3.05) is 24.5 Å². The lowest BCUT2D eigenvalue weighted by Gasteiger charge is -2.30. The lowest BCUT2D eigenvalue weighted by atomic mass is 9.97. The van der Waals surface area contributed by atoms with Gasteiger partial charge in [0.15, 0.2) is 17.3 Å². The highest BCUT2D eigenvalue weighted by molar-refractivity contribution is 5.61. The number of aromatic amines is 1. The molecule has 1 fully saturated rings. The summed E-state index contributed by atoms with van der Waals surface area (Å²) in [7, 11) is 0. The van der Waals surface area contributed by atoms with Gasteiger partial charge in [-0.15, -0.1) is 5.10 Å². The van der Waals surface area contributed by atoms with Gasteiger partial charge in [-0.3, -0.25) is 5.10 Å². The molecular weight excluding hydrogens is 270 g/mol. The lowest BCUT2D eigenvalue weighted by molar-refractivity contribution is 0.404. The van der Waals surface area contributed by atoms with Gasteiger partial charge in [0.25, 0.3) is 0 Å². The van der Waals surface area contributed by atoms with Gasteiger partial charge in [0.1, 0.15) is 0 Å². The van der Waals surface area contributed by atoms with Gasteiger partial charge in [-0.1, -0.05) is 0 Å². The summed E-state index contributed by atoms with van der Waals surface area (Å²) < 4.78 is 0. The van der Waals surface area contributed by atoms with E-state index in [0.717, 1.165) is 32.5 Å². The topological polar surface area (TPSA) is 111 Å². The number of piperidine rings is 1. The minimum Gasteiger partial charge on any atom is -0.504 e. The maximum absolute atomic E-state index is 9.54. The zero-order valence-electron chi connectivity index (χ0n) is 11.7. The Bertz CT molecular complexity index is 620. The molecule has 0 radical (unpaired) electrons. The van der Waals surface area contributed by atoms with Crippen LogP contribution in [0.15, 0.2) is 18.2 Å². The molecule has 0 saturated carbocycles. The van der Waals surface area contributed by atoms with E-state index in [1.807, 2.05) is 0 Å². The Morgan fingerprint density at radius 2 is 2.00 bits per heavy atom. The minimum atomic E-state index is -0.172. The summed E-state index contributed by atoms with van der Waals surface area (Å²) in [6, 6.07) is 4.57. The summed E-state index contributed by atoms with van der Waals surface area (Å²) in [6.07, 6.45) is 2.11. The zero-order chi connectivity index (χ0) is 14.8. The maximum Gasteiger partial charge on any atom is 0.245 e. The summed E-state index contributed by atoms with van der Waals surface area (Å²) in [5.74, 6) is 1.50. The van der Waals surface area contributed by atoms with Gasteiger partial charge < -0.3 is 20.8 Å². The van der Waals surface area contributed by atoms with E-state index >= 15 is 0 Å². The van der Waals surface area contributed by atoms with Crippen molar-refractivity contribution in [1.29, 1.82) is 0 Å². The fourth-order valence-electron chi connectivity index (χ4n) is 2.56. The second-order valence-corrected chi connectivity index (χ2v) is 5.35. The number of nitrogens with zero attached hydrogens (tertiary/aromatic N) is 3. The molecule has 0 spiro atoms. The van der Waals surface area contributed by atoms with E-state index < -0.39 is 0 Å². The molecule has 7 nitrogen and oxygen atoms in total. The molecular formula is C14H19N5O2. The van der Waals surface area contributed by atoms with Crippen LogP contribution < -0.4 is 10.6 Å². The van der Waals surface area contributed by atoms with Crippen molar-refractivity contribution in [2.24, 2.45) is 11.7 Å². The molecule has 2 aromatic rings. The molecule has 2 heterocycles. The van der Waals surface area contributed by atoms with E-state index in [1.54, 1.807) is 6.07 Å². The van der Waals surface area contributed by atoms with Crippen LogP contribution in [0.5, 0.6) is 11.5 Å². The molecule has 0 atom stereocenters. The van der Waals surface area contributed by atoms with Crippen LogP contribution in [0.2, 0.25) is 0 Å². The Hall–Kier alpha value is -2.28. The molecule has 1 aliphatic heterocycles. The van der Waals surface area contributed by atoms with Crippen LogP contribution in [0.1, 0.15) is 12.8 Å². The Labute approximate surface area is 122 Å². The van der Waals surface area contributed by atoms with E-state index in [0.29, 0.717) is 23.3 Å². The van der Waals surface area contributed by atoms with Crippen molar-refractivity contribution in [2.45, 2.75) is 12.8 Å². The highest BCUT2D eigenvalue weighted by Crippen LogP contribution is 2.29. The summed E-state index contributed by atoms with van der Waals surface area (Å²) in [5, 5.41) is 26.0. The molecule has 1 aliphatic rings. The van der Waals surface area contributed by atoms with Crippen LogP contribution in [0.3, 0.4) is 0 Å². The third-order valence-electron chi connectivity index (χ3n) is 3.95. The van der Waals surface area contributed by atoms with E-state index in [9.17, 15) is 10.2 Å². The average Bonchev–Trinajstić information content (AvgIpc) is 3.00. The highest BCUT2D eigenvalue weighted by Gasteiger charge is 2.21. The first kappa shape index (κ1) is 13.7. The standard InChI is InChI=1S/C14H19N5O2/c15-8-9-3-5-19(6-4-9)14-16-13(17-18-14)10-1-2-11(20)12(21)7-10/h1-2,7,9,20-21H,3-6,8,15H2,(H,16,17,18). The number of phenols is 2. The van der Waals surface area contributed by atoms with Gasteiger partial charge in [-0.2, -0.15) is 4.98 Å². The van der Waals surface area contributed by atoms with Gasteiger partial charge in [0, 0.05) is 18.7 Å². The van der Waals surface area contributed by atoms with E-state index in [1.165, 1.54) is 12.1 Å². The number of nitrogens with one attached hydrogen (secondary N) is 1. The third-order valence-corrected chi connectivity index (χ3v) is 3.95. The molecule has 1 saturated heterocycles. The first-order chi connectivity index (χ1) is 10.2. The molecule has 1 aromatic heterocycles. The third kappa shape index (κ3) is 2.78. The van der Waals surface area contributed by atoms with Crippen LogP contribution in [-0.2, 0) is 0 Å².